The lowest BCUT2D eigenvalue weighted by atomic mass is 9.49. The molecule has 0 aromatic heterocycles. The van der Waals surface area contributed by atoms with E-state index in [-0.39, 0.29) is 37.0 Å². The van der Waals surface area contributed by atoms with Crippen LogP contribution in [0, 0.1) is 23.2 Å². The molecule has 36 heavy (non-hydrogen) atoms. The number of rotatable bonds is 11. The Morgan fingerprint density at radius 2 is 1.36 bits per heavy atom. The molecule has 2 N–H and O–H groups in total. The highest BCUT2D eigenvalue weighted by atomic mass is 32.2. The first kappa shape index (κ1) is 28.9. The van der Waals surface area contributed by atoms with E-state index in [1.807, 2.05) is 0 Å². The van der Waals surface area contributed by atoms with Gasteiger partial charge in [0.25, 0.3) is 0 Å². The summed E-state index contributed by atoms with van der Waals surface area (Å²) in [5.41, 5.74) is -1.28. The summed E-state index contributed by atoms with van der Waals surface area (Å²) in [7, 11) is -6.49. The maximum Gasteiger partial charge on any atom is 0.468 e. The number of carboxylic acid groups (broad SMARTS) is 1. The predicted octanol–water partition coefficient (Wildman–Crippen LogP) is 4.39. The smallest absolute Gasteiger partial charge is 0.468 e. The Balaban J connectivity index is 1.68. The first-order valence-corrected chi connectivity index (χ1v) is 12.6. The van der Waals surface area contributed by atoms with Crippen LogP contribution in [0.3, 0.4) is 0 Å². The summed E-state index contributed by atoms with van der Waals surface area (Å²) in [5.74, 6) is -13.5. The Morgan fingerprint density at radius 1 is 0.889 bits per heavy atom. The van der Waals surface area contributed by atoms with Gasteiger partial charge in [-0.1, -0.05) is 0 Å². The Labute approximate surface area is 201 Å². The zero-order valence-corrected chi connectivity index (χ0v) is 19.5. The molecule has 0 radical (unpaired) electrons. The van der Waals surface area contributed by atoms with Gasteiger partial charge in [-0.2, -0.15) is 39.2 Å². The molecule has 4 saturated carbocycles. The van der Waals surface area contributed by atoms with Crippen LogP contribution in [0.15, 0.2) is 0 Å². The molecule has 4 aliphatic carbocycles. The fraction of sp³-hybridized carbons (Fsp3) is 0.900. The van der Waals surface area contributed by atoms with Crippen molar-refractivity contribution in [2.45, 2.75) is 80.9 Å². The molecule has 208 valence electrons. The van der Waals surface area contributed by atoms with Crippen LogP contribution in [0.2, 0.25) is 0 Å². The zero-order valence-electron chi connectivity index (χ0n) is 18.7. The fourth-order valence-electron chi connectivity index (χ4n) is 5.99. The molecule has 0 spiro atoms. The molecule has 16 heteroatoms. The van der Waals surface area contributed by atoms with E-state index in [1.54, 1.807) is 0 Å². The summed E-state index contributed by atoms with van der Waals surface area (Å²) in [4.78, 5) is 24.6. The Kier molecular flexibility index (Phi) is 7.43. The van der Waals surface area contributed by atoms with E-state index in [0.29, 0.717) is 0 Å². The molecular formula is C20H25F7O8S. The molecule has 0 aromatic rings. The van der Waals surface area contributed by atoms with Crippen LogP contribution in [-0.4, -0.2) is 59.8 Å². The Hall–Kier alpha value is -1.68. The van der Waals surface area contributed by atoms with Gasteiger partial charge < -0.3 is 14.6 Å². The maximum atomic E-state index is 13.8. The lowest BCUT2D eigenvalue weighted by Gasteiger charge is -2.55. The number of carbonyl (C=O) groups is 2. The molecule has 1 atom stereocenters. The van der Waals surface area contributed by atoms with E-state index < -0.39 is 76.5 Å². The van der Waals surface area contributed by atoms with Crippen molar-refractivity contribution in [2.75, 3.05) is 6.61 Å². The molecule has 0 saturated heterocycles. The standard InChI is InChI=1S/C20H25F7O8S/c21-17(22,20(26,27)36(31,32)33)3-1-2-4-34-18(14(28)29,19(23,24)25)35-15(30)16-8-11-5-12(9-16)7-13(6-11)10-16/h11-13H,1-10H2,(H,28,29)(H,31,32,33). The lowest BCUT2D eigenvalue weighted by molar-refractivity contribution is -0.357. The summed E-state index contributed by atoms with van der Waals surface area (Å²) in [6, 6.07) is 0. The molecule has 4 bridgehead atoms. The summed E-state index contributed by atoms with van der Waals surface area (Å²) in [5, 5.41) is 3.48. The number of hydrogen-bond donors (Lipinski definition) is 2. The van der Waals surface area contributed by atoms with Crippen LogP contribution in [0.4, 0.5) is 30.7 Å². The van der Waals surface area contributed by atoms with Crippen molar-refractivity contribution in [3.63, 3.8) is 0 Å². The summed E-state index contributed by atoms with van der Waals surface area (Å²) < 4.78 is 133. The molecule has 0 aliphatic heterocycles. The minimum absolute atomic E-state index is 0.109. The first-order valence-electron chi connectivity index (χ1n) is 11.2. The van der Waals surface area contributed by atoms with Crippen molar-refractivity contribution >= 4 is 22.1 Å². The van der Waals surface area contributed by atoms with Crippen molar-refractivity contribution in [3.8, 4) is 0 Å². The van der Waals surface area contributed by atoms with Crippen LogP contribution in [0.5, 0.6) is 0 Å². The highest BCUT2D eigenvalue weighted by Crippen LogP contribution is 2.61. The average Bonchev–Trinajstić information content (AvgIpc) is 2.69. The molecule has 8 nitrogen and oxygen atoms in total. The molecule has 1 unspecified atom stereocenters. The third-order valence-corrected chi connectivity index (χ3v) is 8.25. The van der Waals surface area contributed by atoms with Crippen LogP contribution in [0.1, 0.15) is 57.8 Å². The molecule has 0 heterocycles. The van der Waals surface area contributed by atoms with Crippen LogP contribution in [-0.2, 0) is 29.2 Å². The van der Waals surface area contributed by atoms with Gasteiger partial charge in [0.2, 0.25) is 0 Å². The lowest BCUT2D eigenvalue weighted by Crippen LogP contribution is -2.60. The van der Waals surface area contributed by atoms with Crippen molar-refractivity contribution in [1.82, 2.24) is 0 Å². The SMILES string of the molecule is O=C(OC(OCCCCC(F)(F)C(F)(F)S(=O)(=O)O)(C(=O)O)C(F)(F)F)C12CC3CC(CC(C3)C1)C2. The van der Waals surface area contributed by atoms with E-state index in [4.69, 9.17) is 4.55 Å². The highest BCUT2D eigenvalue weighted by molar-refractivity contribution is 7.87. The van der Waals surface area contributed by atoms with Gasteiger partial charge in [-0.25, -0.2) is 4.79 Å². The summed E-state index contributed by atoms with van der Waals surface area (Å²) in [6.07, 6.45) is -6.34. The van der Waals surface area contributed by atoms with Gasteiger partial charge in [-0.15, -0.1) is 0 Å². The second-order valence-corrected chi connectivity index (χ2v) is 11.5. The van der Waals surface area contributed by atoms with E-state index in [1.165, 1.54) is 0 Å². The predicted molar refractivity (Wildman–Crippen MR) is 104 cm³/mol. The van der Waals surface area contributed by atoms with E-state index in [2.05, 4.69) is 9.47 Å². The third-order valence-electron chi connectivity index (χ3n) is 7.30. The molecular weight excluding hydrogens is 533 g/mol. The van der Waals surface area contributed by atoms with E-state index in [9.17, 15) is 53.8 Å². The number of carboxylic acids is 1. The number of alkyl halides is 7. The van der Waals surface area contributed by atoms with Gasteiger partial charge in [0.1, 0.15) is 0 Å². The number of ether oxygens (including phenoxy) is 2. The van der Waals surface area contributed by atoms with Crippen LogP contribution < -0.4 is 0 Å². The minimum Gasteiger partial charge on any atom is -0.476 e. The third kappa shape index (κ3) is 5.04. The average molecular weight is 558 g/mol. The van der Waals surface area contributed by atoms with E-state index >= 15 is 0 Å². The van der Waals surface area contributed by atoms with Gasteiger partial charge in [0.15, 0.2) is 0 Å². The van der Waals surface area contributed by atoms with Gasteiger partial charge in [-0.05, 0) is 69.1 Å². The summed E-state index contributed by atoms with van der Waals surface area (Å²) in [6.45, 7) is -1.26. The highest BCUT2D eigenvalue weighted by Gasteiger charge is 2.69. The van der Waals surface area contributed by atoms with Crippen molar-refractivity contribution in [1.29, 1.82) is 0 Å². The fourth-order valence-corrected chi connectivity index (χ4v) is 6.47. The normalized spacial score (nSPS) is 30.2. The molecule has 4 aliphatic rings. The zero-order chi connectivity index (χ0) is 27.4. The molecule has 4 rings (SSSR count). The van der Waals surface area contributed by atoms with Gasteiger partial charge >= 0.3 is 45.2 Å². The van der Waals surface area contributed by atoms with Gasteiger partial charge in [0.05, 0.1) is 12.0 Å². The van der Waals surface area contributed by atoms with Crippen molar-refractivity contribution in [2.24, 2.45) is 23.2 Å². The molecule has 0 aromatic carbocycles. The molecule has 0 amide bonds. The second-order valence-electron chi connectivity index (χ2n) is 10.0. The van der Waals surface area contributed by atoms with Gasteiger partial charge in [-0.3, -0.25) is 9.35 Å². The summed E-state index contributed by atoms with van der Waals surface area (Å²) >= 11 is 0. The van der Waals surface area contributed by atoms with E-state index in [0.717, 1.165) is 19.3 Å². The molecule has 4 fully saturated rings. The number of unbranched alkanes of at least 4 members (excludes halogenated alkanes) is 1. The quantitative estimate of drug-likeness (QED) is 0.126. The van der Waals surface area contributed by atoms with Crippen LogP contribution in [0.25, 0.3) is 0 Å². The minimum atomic E-state index is -6.49. The topological polar surface area (TPSA) is 127 Å². The Bertz CT molecular complexity index is 946. The first-order chi connectivity index (χ1) is 16.3. The number of carbonyl (C=O) groups excluding carboxylic acids is 1. The van der Waals surface area contributed by atoms with Gasteiger partial charge in [0, 0.05) is 6.42 Å². The Morgan fingerprint density at radius 3 is 1.75 bits per heavy atom. The van der Waals surface area contributed by atoms with Crippen molar-refractivity contribution < 1.29 is 67.9 Å². The number of hydrogen-bond acceptors (Lipinski definition) is 6. The maximum absolute atomic E-state index is 13.8. The number of halogens is 7. The monoisotopic (exact) mass is 558 g/mol. The number of esters is 1. The number of aliphatic carboxylic acids is 1. The van der Waals surface area contributed by atoms with Crippen molar-refractivity contribution in [3.05, 3.63) is 0 Å². The largest absolute Gasteiger partial charge is 0.476 e. The second kappa shape index (κ2) is 9.26. The van der Waals surface area contributed by atoms with Crippen LogP contribution >= 0.6 is 0 Å².